The molecule has 0 amide bonds. The molecule has 3 heterocycles. The molecule has 1 aromatic carbocycles. The van der Waals surface area contributed by atoms with Crippen LogP contribution in [-0.2, 0) is 6.54 Å². The third-order valence-electron chi connectivity index (χ3n) is 3.42. The first kappa shape index (κ1) is 11.8. The quantitative estimate of drug-likeness (QED) is 0.605. The molecule has 0 bridgehead atoms. The van der Waals surface area contributed by atoms with Crippen LogP contribution < -0.4 is 5.73 Å². The number of benzene rings is 1. The van der Waals surface area contributed by atoms with Crippen LogP contribution >= 0.6 is 0 Å². The normalized spacial score (nSPS) is 11.2. The van der Waals surface area contributed by atoms with E-state index in [1.54, 1.807) is 6.33 Å². The van der Waals surface area contributed by atoms with E-state index in [2.05, 4.69) is 26.0 Å². The Morgan fingerprint density at radius 1 is 1.00 bits per heavy atom. The number of hydrogen-bond acceptors (Lipinski definition) is 5. The second-order valence-corrected chi connectivity index (χ2v) is 4.80. The first-order valence-corrected chi connectivity index (χ1v) is 6.57. The lowest BCUT2D eigenvalue weighted by Gasteiger charge is -2.05. The largest absolute Gasteiger partial charge is 0.382 e. The fraction of sp³-hybridized carbons (Fsp3) is 0.0667. The van der Waals surface area contributed by atoms with Crippen LogP contribution in [0.15, 0.2) is 49.1 Å². The smallest absolute Gasteiger partial charge is 0.165 e. The van der Waals surface area contributed by atoms with E-state index in [9.17, 15) is 0 Å². The predicted molar refractivity (Wildman–Crippen MR) is 80.6 cm³/mol. The van der Waals surface area contributed by atoms with Crippen molar-refractivity contribution in [1.82, 2.24) is 24.5 Å². The fourth-order valence-electron chi connectivity index (χ4n) is 2.39. The van der Waals surface area contributed by atoms with Gasteiger partial charge in [-0.2, -0.15) is 0 Å². The van der Waals surface area contributed by atoms with Crippen LogP contribution in [0.25, 0.3) is 22.1 Å². The van der Waals surface area contributed by atoms with E-state index in [0.717, 1.165) is 22.2 Å². The molecule has 6 heteroatoms. The number of aromatic nitrogens is 5. The van der Waals surface area contributed by atoms with Crippen LogP contribution in [0.1, 0.15) is 5.69 Å². The van der Waals surface area contributed by atoms with Crippen molar-refractivity contribution in [3.05, 3.63) is 54.7 Å². The summed E-state index contributed by atoms with van der Waals surface area (Å²) in [5, 5.41) is 1.13. The fourth-order valence-corrected chi connectivity index (χ4v) is 2.39. The Morgan fingerprint density at radius 2 is 1.90 bits per heavy atom. The zero-order chi connectivity index (χ0) is 14.2. The number of rotatable bonds is 2. The van der Waals surface area contributed by atoms with Crippen molar-refractivity contribution >= 4 is 27.9 Å². The molecule has 21 heavy (non-hydrogen) atoms. The molecule has 6 nitrogen and oxygen atoms in total. The maximum Gasteiger partial charge on any atom is 0.165 e. The Hall–Kier alpha value is -3.02. The van der Waals surface area contributed by atoms with Crippen molar-refractivity contribution in [3.8, 4) is 0 Å². The third kappa shape index (κ3) is 1.97. The predicted octanol–water partition coefficient (Wildman–Crippen LogP) is 2.00. The minimum Gasteiger partial charge on any atom is -0.382 e. The first-order valence-electron chi connectivity index (χ1n) is 6.57. The molecule has 0 saturated carbocycles. The van der Waals surface area contributed by atoms with Gasteiger partial charge in [0.05, 0.1) is 24.1 Å². The Morgan fingerprint density at radius 3 is 2.86 bits per heavy atom. The maximum absolute atomic E-state index is 5.79. The number of pyridine rings is 1. The van der Waals surface area contributed by atoms with Crippen molar-refractivity contribution in [1.29, 1.82) is 0 Å². The third-order valence-corrected chi connectivity index (χ3v) is 3.42. The van der Waals surface area contributed by atoms with E-state index in [-0.39, 0.29) is 0 Å². The molecular formula is C15H12N6. The zero-order valence-electron chi connectivity index (χ0n) is 11.1. The van der Waals surface area contributed by atoms with E-state index in [0.29, 0.717) is 17.9 Å². The number of nitrogens with zero attached hydrogens (tertiary/aromatic N) is 5. The number of imidazole rings is 1. The molecule has 2 N–H and O–H groups in total. The number of nitrogens with two attached hydrogens (primary N) is 1. The van der Waals surface area contributed by atoms with E-state index in [1.165, 1.54) is 6.33 Å². The van der Waals surface area contributed by atoms with Gasteiger partial charge in [0.2, 0.25) is 0 Å². The van der Waals surface area contributed by atoms with Gasteiger partial charge >= 0.3 is 0 Å². The Bertz CT molecular complexity index is 943. The highest BCUT2D eigenvalue weighted by Gasteiger charge is 2.08. The molecule has 0 spiro atoms. The summed E-state index contributed by atoms with van der Waals surface area (Å²) < 4.78 is 1.92. The van der Waals surface area contributed by atoms with Gasteiger partial charge in [0.1, 0.15) is 11.8 Å². The molecule has 0 unspecified atom stereocenters. The molecule has 0 aliphatic carbocycles. The second kappa shape index (κ2) is 4.52. The van der Waals surface area contributed by atoms with Gasteiger partial charge in [-0.05, 0) is 12.1 Å². The highest BCUT2D eigenvalue weighted by Crippen LogP contribution is 2.17. The van der Waals surface area contributed by atoms with E-state index in [1.807, 2.05) is 34.9 Å². The minimum atomic E-state index is 0.394. The SMILES string of the molecule is Nc1ncnc2c1ncn2Cc1ccc2ccccc2n1. The molecule has 0 saturated heterocycles. The number of fused-ring (bicyclic) bond motifs is 2. The van der Waals surface area contributed by atoms with Gasteiger partial charge < -0.3 is 10.3 Å². The van der Waals surface area contributed by atoms with Gasteiger partial charge in [0, 0.05) is 5.39 Å². The van der Waals surface area contributed by atoms with Gasteiger partial charge in [0.15, 0.2) is 11.5 Å². The van der Waals surface area contributed by atoms with Crippen molar-refractivity contribution in [2.45, 2.75) is 6.54 Å². The molecule has 102 valence electrons. The summed E-state index contributed by atoms with van der Waals surface area (Å²) in [6.07, 6.45) is 3.16. The summed E-state index contributed by atoms with van der Waals surface area (Å²) in [7, 11) is 0. The topological polar surface area (TPSA) is 82.5 Å². The van der Waals surface area contributed by atoms with Crippen LogP contribution in [0.3, 0.4) is 0 Å². The molecule has 3 aromatic heterocycles. The average molecular weight is 276 g/mol. The lowest BCUT2D eigenvalue weighted by molar-refractivity contribution is 0.792. The molecule has 0 atom stereocenters. The summed E-state index contributed by atoms with van der Waals surface area (Å²) in [5.74, 6) is 0.394. The molecule has 0 aliphatic heterocycles. The monoisotopic (exact) mass is 276 g/mol. The summed E-state index contributed by atoms with van der Waals surface area (Å²) in [6, 6.07) is 12.1. The average Bonchev–Trinajstić information content (AvgIpc) is 2.92. The molecule has 0 fully saturated rings. The van der Waals surface area contributed by atoms with Gasteiger partial charge in [-0.3, -0.25) is 4.98 Å². The summed E-state index contributed by atoms with van der Waals surface area (Å²) in [4.78, 5) is 17.1. The van der Waals surface area contributed by atoms with Gasteiger partial charge in [-0.25, -0.2) is 15.0 Å². The molecule has 4 rings (SSSR count). The van der Waals surface area contributed by atoms with Crippen molar-refractivity contribution in [3.63, 3.8) is 0 Å². The summed E-state index contributed by atoms with van der Waals surface area (Å²) >= 11 is 0. The molecular weight excluding hydrogens is 264 g/mol. The molecule has 0 radical (unpaired) electrons. The summed E-state index contributed by atoms with van der Waals surface area (Å²) in [6.45, 7) is 0.595. The first-order chi connectivity index (χ1) is 10.3. The van der Waals surface area contributed by atoms with Crippen LogP contribution in [0.2, 0.25) is 0 Å². The number of anilines is 1. The van der Waals surface area contributed by atoms with E-state index >= 15 is 0 Å². The van der Waals surface area contributed by atoms with Gasteiger partial charge in [-0.1, -0.05) is 24.3 Å². The zero-order valence-corrected chi connectivity index (χ0v) is 11.1. The van der Waals surface area contributed by atoms with E-state index < -0.39 is 0 Å². The Kier molecular flexibility index (Phi) is 2.53. The van der Waals surface area contributed by atoms with Gasteiger partial charge in [0.25, 0.3) is 0 Å². The number of para-hydroxylation sites is 1. The standard InChI is InChI=1S/C15H12N6/c16-14-13-15(18-8-17-14)21(9-19-13)7-11-6-5-10-3-1-2-4-12(10)20-11/h1-6,8-9H,7H2,(H2,16,17,18). The Balaban J connectivity index is 1.77. The number of nitrogen functional groups attached to an aromatic ring is 1. The van der Waals surface area contributed by atoms with Crippen LogP contribution in [0.4, 0.5) is 5.82 Å². The highest BCUT2D eigenvalue weighted by molar-refractivity contribution is 5.81. The highest BCUT2D eigenvalue weighted by atomic mass is 15.1. The Labute approximate surface area is 120 Å². The van der Waals surface area contributed by atoms with E-state index in [4.69, 9.17) is 5.73 Å². The van der Waals surface area contributed by atoms with Crippen molar-refractivity contribution < 1.29 is 0 Å². The van der Waals surface area contributed by atoms with Crippen LogP contribution in [0, 0.1) is 0 Å². The van der Waals surface area contributed by atoms with Crippen molar-refractivity contribution in [2.75, 3.05) is 5.73 Å². The molecule has 4 aromatic rings. The van der Waals surface area contributed by atoms with Crippen LogP contribution in [-0.4, -0.2) is 24.5 Å². The van der Waals surface area contributed by atoms with Crippen molar-refractivity contribution in [2.24, 2.45) is 0 Å². The second-order valence-electron chi connectivity index (χ2n) is 4.80. The minimum absolute atomic E-state index is 0.394. The van der Waals surface area contributed by atoms with Gasteiger partial charge in [-0.15, -0.1) is 0 Å². The number of hydrogen-bond donors (Lipinski definition) is 1. The lowest BCUT2D eigenvalue weighted by Crippen LogP contribution is -2.02. The molecule has 0 aliphatic rings. The maximum atomic E-state index is 5.79. The lowest BCUT2D eigenvalue weighted by atomic mass is 10.2. The van der Waals surface area contributed by atoms with Crippen LogP contribution in [0.5, 0.6) is 0 Å². The summed E-state index contributed by atoms with van der Waals surface area (Å²) in [5.41, 5.74) is 9.07.